The summed E-state index contributed by atoms with van der Waals surface area (Å²) in [4.78, 5) is 11.5. The Labute approximate surface area is 87.2 Å². The second kappa shape index (κ2) is 2.89. The van der Waals surface area contributed by atoms with Gasteiger partial charge < -0.3 is 14.8 Å². The second-order valence-electron chi connectivity index (χ2n) is 3.96. The van der Waals surface area contributed by atoms with Crippen LogP contribution in [0.15, 0.2) is 12.1 Å². The Balaban J connectivity index is 2.07. The highest BCUT2D eigenvalue weighted by molar-refractivity contribution is 5.96. The lowest BCUT2D eigenvalue weighted by atomic mass is 9.94. The molecule has 0 radical (unpaired) electrons. The fourth-order valence-corrected chi connectivity index (χ4v) is 1.95. The smallest absolute Gasteiger partial charge is 0.231 e. The van der Waals surface area contributed by atoms with Gasteiger partial charge >= 0.3 is 0 Å². The number of hydrogen-bond donors (Lipinski definition) is 1. The first-order valence-electron chi connectivity index (χ1n) is 4.97. The molecule has 0 aliphatic carbocycles. The Morgan fingerprint density at radius 2 is 2.07 bits per heavy atom. The summed E-state index contributed by atoms with van der Waals surface area (Å²) in [5.41, 5.74) is 1.97. The largest absolute Gasteiger partial charge is 0.454 e. The van der Waals surface area contributed by atoms with Gasteiger partial charge in [0.25, 0.3) is 0 Å². The predicted molar refractivity (Wildman–Crippen MR) is 54.1 cm³/mol. The van der Waals surface area contributed by atoms with Gasteiger partial charge in [0, 0.05) is 17.7 Å². The Bertz CT molecular complexity index is 442. The van der Waals surface area contributed by atoms with Crippen molar-refractivity contribution < 1.29 is 14.3 Å². The summed E-state index contributed by atoms with van der Waals surface area (Å²) in [6.07, 6.45) is 0.762. The maximum absolute atomic E-state index is 11.5. The molecule has 4 nitrogen and oxygen atoms in total. The van der Waals surface area contributed by atoms with Crippen LogP contribution >= 0.6 is 0 Å². The number of benzene rings is 1. The third kappa shape index (κ3) is 1.25. The molecular weight excluding hydrogens is 194 g/mol. The number of amides is 1. The average molecular weight is 205 g/mol. The van der Waals surface area contributed by atoms with Crippen LogP contribution in [0, 0.1) is 5.92 Å². The zero-order valence-corrected chi connectivity index (χ0v) is 8.37. The Kier molecular flexibility index (Phi) is 1.65. The van der Waals surface area contributed by atoms with E-state index in [4.69, 9.17) is 9.47 Å². The van der Waals surface area contributed by atoms with Crippen molar-refractivity contribution in [1.82, 2.24) is 0 Å². The van der Waals surface area contributed by atoms with Crippen molar-refractivity contribution in [2.75, 3.05) is 12.1 Å². The van der Waals surface area contributed by atoms with E-state index >= 15 is 0 Å². The monoisotopic (exact) mass is 205 g/mol. The van der Waals surface area contributed by atoms with Crippen LogP contribution < -0.4 is 14.8 Å². The first kappa shape index (κ1) is 8.59. The number of rotatable bonds is 0. The van der Waals surface area contributed by atoms with E-state index in [1.165, 1.54) is 0 Å². The first-order valence-corrected chi connectivity index (χ1v) is 4.97. The van der Waals surface area contributed by atoms with Crippen molar-refractivity contribution in [1.29, 1.82) is 0 Å². The summed E-state index contributed by atoms with van der Waals surface area (Å²) in [7, 11) is 0. The van der Waals surface area contributed by atoms with Gasteiger partial charge in [-0.05, 0) is 18.1 Å². The van der Waals surface area contributed by atoms with Gasteiger partial charge in [0.2, 0.25) is 12.7 Å². The van der Waals surface area contributed by atoms with Crippen LogP contribution in [-0.4, -0.2) is 12.7 Å². The summed E-state index contributed by atoms with van der Waals surface area (Å²) in [6, 6.07) is 3.79. The van der Waals surface area contributed by atoms with Gasteiger partial charge in [-0.15, -0.1) is 0 Å². The topological polar surface area (TPSA) is 47.6 Å². The summed E-state index contributed by atoms with van der Waals surface area (Å²) in [5, 5.41) is 2.86. The number of anilines is 1. The van der Waals surface area contributed by atoms with E-state index in [9.17, 15) is 4.79 Å². The summed E-state index contributed by atoms with van der Waals surface area (Å²) in [5.74, 6) is 1.58. The molecule has 2 aliphatic heterocycles. The second-order valence-corrected chi connectivity index (χ2v) is 3.96. The minimum absolute atomic E-state index is 0.0258. The molecule has 1 atom stereocenters. The summed E-state index contributed by atoms with van der Waals surface area (Å²) >= 11 is 0. The average Bonchev–Trinajstić information content (AvgIpc) is 2.63. The first-order chi connectivity index (χ1) is 7.24. The van der Waals surface area contributed by atoms with Gasteiger partial charge in [-0.3, -0.25) is 4.79 Å². The van der Waals surface area contributed by atoms with E-state index in [2.05, 4.69) is 5.32 Å². The lowest BCUT2D eigenvalue weighted by Crippen LogP contribution is -2.27. The predicted octanol–water partition coefficient (Wildman–Crippen LogP) is 1.55. The highest BCUT2D eigenvalue weighted by Crippen LogP contribution is 2.39. The third-order valence-corrected chi connectivity index (χ3v) is 2.83. The van der Waals surface area contributed by atoms with Crippen molar-refractivity contribution in [2.45, 2.75) is 13.3 Å². The number of nitrogens with one attached hydrogen (secondary N) is 1. The number of ether oxygens (including phenoxy) is 2. The minimum Gasteiger partial charge on any atom is -0.454 e. The van der Waals surface area contributed by atoms with E-state index < -0.39 is 0 Å². The molecule has 0 bridgehead atoms. The fraction of sp³-hybridized carbons (Fsp3) is 0.364. The Morgan fingerprint density at radius 1 is 1.33 bits per heavy atom. The highest BCUT2D eigenvalue weighted by atomic mass is 16.7. The van der Waals surface area contributed by atoms with E-state index in [1.54, 1.807) is 0 Å². The number of carbonyl (C=O) groups excluding carboxylic acids is 1. The van der Waals surface area contributed by atoms with Crippen molar-refractivity contribution in [3.8, 4) is 11.5 Å². The van der Waals surface area contributed by atoms with Crippen molar-refractivity contribution in [3.63, 3.8) is 0 Å². The number of hydrogen-bond acceptors (Lipinski definition) is 3. The molecule has 0 saturated heterocycles. The van der Waals surface area contributed by atoms with E-state index in [-0.39, 0.29) is 18.6 Å². The standard InChI is InChI=1S/C11H11NO3/c1-6-2-7-3-9-10(15-5-14-9)4-8(7)12-11(6)13/h3-4,6H,2,5H2,1H3,(H,12,13). The zero-order chi connectivity index (χ0) is 10.4. The molecule has 1 aromatic rings. The maximum atomic E-state index is 11.5. The third-order valence-electron chi connectivity index (χ3n) is 2.83. The molecule has 0 saturated carbocycles. The normalized spacial score (nSPS) is 22.2. The highest BCUT2D eigenvalue weighted by Gasteiger charge is 2.25. The molecule has 3 rings (SSSR count). The molecule has 1 amide bonds. The van der Waals surface area contributed by atoms with Gasteiger partial charge in [-0.2, -0.15) is 0 Å². The van der Waals surface area contributed by atoms with Crippen molar-refractivity contribution in [2.24, 2.45) is 5.92 Å². The van der Waals surface area contributed by atoms with Gasteiger partial charge in [-0.25, -0.2) is 0 Å². The van der Waals surface area contributed by atoms with Crippen LogP contribution in [0.4, 0.5) is 5.69 Å². The van der Waals surface area contributed by atoms with Crippen LogP contribution in [-0.2, 0) is 11.2 Å². The van der Waals surface area contributed by atoms with E-state index in [0.717, 1.165) is 23.4 Å². The summed E-state index contributed by atoms with van der Waals surface area (Å²) in [6.45, 7) is 2.19. The van der Waals surface area contributed by atoms with E-state index in [0.29, 0.717) is 5.75 Å². The Hall–Kier alpha value is -1.71. The van der Waals surface area contributed by atoms with Gasteiger partial charge in [0.05, 0.1) is 0 Å². The minimum atomic E-state index is 0.0258. The molecule has 2 heterocycles. The molecule has 0 spiro atoms. The maximum Gasteiger partial charge on any atom is 0.231 e. The quantitative estimate of drug-likeness (QED) is 0.699. The van der Waals surface area contributed by atoms with Gasteiger partial charge in [0.15, 0.2) is 11.5 Å². The molecule has 1 N–H and O–H groups in total. The molecule has 1 unspecified atom stereocenters. The summed E-state index contributed by atoms with van der Waals surface area (Å²) < 4.78 is 10.5. The molecule has 4 heteroatoms. The van der Waals surface area contributed by atoms with E-state index in [1.807, 2.05) is 19.1 Å². The van der Waals surface area contributed by atoms with Crippen LogP contribution in [0.25, 0.3) is 0 Å². The van der Waals surface area contributed by atoms with Crippen LogP contribution in [0.5, 0.6) is 11.5 Å². The van der Waals surface area contributed by atoms with Crippen molar-refractivity contribution in [3.05, 3.63) is 17.7 Å². The SMILES string of the molecule is CC1Cc2cc3c(cc2NC1=O)OCO3. The molecule has 0 aromatic heterocycles. The van der Waals surface area contributed by atoms with Gasteiger partial charge in [0.1, 0.15) is 0 Å². The fourth-order valence-electron chi connectivity index (χ4n) is 1.95. The molecule has 2 aliphatic rings. The van der Waals surface area contributed by atoms with Crippen LogP contribution in [0.3, 0.4) is 0 Å². The van der Waals surface area contributed by atoms with Crippen LogP contribution in [0.1, 0.15) is 12.5 Å². The lowest BCUT2D eigenvalue weighted by molar-refractivity contribution is -0.119. The lowest BCUT2D eigenvalue weighted by Gasteiger charge is -2.21. The molecule has 1 aromatic carbocycles. The van der Waals surface area contributed by atoms with Crippen molar-refractivity contribution >= 4 is 11.6 Å². The van der Waals surface area contributed by atoms with Crippen LogP contribution in [0.2, 0.25) is 0 Å². The van der Waals surface area contributed by atoms with Gasteiger partial charge in [-0.1, -0.05) is 6.92 Å². The Morgan fingerprint density at radius 3 is 2.87 bits per heavy atom. The molecular formula is C11H11NO3. The molecule has 15 heavy (non-hydrogen) atoms. The zero-order valence-electron chi connectivity index (χ0n) is 8.37. The number of fused-ring (bicyclic) bond motifs is 2. The molecule has 0 fully saturated rings. The number of carbonyl (C=O) groups is 1. The molecule has 78 valence electrons.